The zero-order valence-electron chi connectivity index (χ0n) is 66.4. The summed E-state index contributed by atoms with van der Waals surface area (Å²) in [6.45, 7) is 11.9. The van der Waals surface area contributed by atoms with Gasteiger partial charge < -0.3 is 100 Å². The highest BCUT2D eigenvalue weighted by atomic mass is 32.2. The second kappa shape index (κ2) is 45.7. The number of hydrogen-bond donors (Lipinski definition) is 19. The number of nitrogens with two attached hydrogens (primary N) is 1. The first-order chi connectivity index (χ1) is 54.2. The number of aliphatic carboxylic acids is 1. The van der Waals surface area contributed by atoms with Crippen LogP contribution in [-0.2, 0) is 80.3 Å². The van der Waals surface area contributed by atoms with E-state index in [1.165, 1.54) is 37.4 Å². The van der Waals surface area contributed by atoms with Gasteiger partial charge in [-0.1, -0.05) is 114 Å². The van der Waals surface area contributed by atoms with E-state index in [0.717, 1.165) is 16.5 Å². The number of thioether (sulfide) groups is 2. The van der Waals surface area contributed by atoms with Crippen LogP contribution in [0.4, 0.5) is 0 Å². The molecule has 0 spiro atoms. The molecular formula is C80H120N14O18S2. The van der Waals surface area contributed by atoms with Crippen molar-refractivity contribution in [3.63, 3.8) is 0 Å². The molecule has 2 aliphatic heterocycles. The SMILES string of the molecule is CCC[C@@H]1NC(=O)[C@H](Cc2cccc3ccccc23)NC(=O)[C@H]([C@@H](C)O)NC(=O)[C@H](CC2CNCN2)NC(=O)[C@H](CC2CCC(O)CC2)NC(=O)[C@H](C(C)(C)C)NC(=O)CCSCc2cccc(c2)CSC[C@@H](C(N)=O)NC(=O)[C@H]([C@@H](C)O)NC(=O)[C@H](CCC)NC(=O)[C@H](CC2CCC(O)CC2)NC(=O)[C@H](CCC(=O)O)NC1=O. The van der Waals surface area contributed by atoms with Gasteiger partial charge in [0.05, 0.1) is 24.4 Å². The van der Waals surface area contributed by atoms with Crippen molar-refractivity contribution in [3.05, 3.63) is 83.4 Å². The number of primary amides is 1. The van der Waals surface area contributed by atoms with E-state index in [-0.39, 0.29) is 75.4 Å². The van der Waals surface area contributed by atoms with E-state index in [1.54, 1.807) is 58.9 Å². The molecule has 32 nitrogen and oxygen atoms in total. The maximum Gasteiger partial charge on any atom is 0.303 e. The summed E-state index contributed by atoms with van der Waals surface area (Å²) in [5.41, 5.74) is 7.20. The second-order valence-corrected chi connectivity index (χ2v) is 33.9. The van der Waals surface area contributed by atoms with Crippen LogP contribution in [0.1, 0.15) is 181 Å². The van der Waals surface area contributed by atoms with Crippen LogP contribution in [0.5, 0.6) is 0 Å². The van der Waals surface area contributed by atoms with Crippen LogP contribution >= 0.6 is 23.5 Å². The first-order valence-electron chi connectivity index (χ1n) is 39.9. The summed E-state index contributed by atoms with van der Waals surface area (Å²) >= 11 is 2.73. The van der Waals surface area contributed by atoms with Crippen LogP contribution in [0.3, 0.4) is 0 Å². The monoisotopic (exact) mass is 1630 g/mol. The van der Waals surface area contributed by atoms with Gasteiger partial charge in [-0.3, -0.25) is 62.3 Å². The predicted molar refractivity (Wildman–Crippen MR) is 431 cm³/mol. The lowest BCUT2D eigenvalue weighted by Gasteiger charge is -2.34. The van der Waals surface area contributed by atoms with Crippen LogP contribution < -0.4 is 74.9 Å². The summed E-state index contributed by atoms with van der Waals surface area (Å²) in [4.78, 5) is 187. The third-order valence-electron chi connectivity index (χ3n) is 21.2. The quantitative estimate of drug-likeness (QED) is 0.0839. The van der Waals surface area contributed by atoms with Gasteiger partial charge in [-0.25, -0.2) is 0 Å². The molecule has 3 aromatic carbocycles. The highest BCUT2D eigenvalue weighted by Crippen LogP contribution is 2.31. The highest BCUT2D eigenvalue weighted by molar-refractivity contribution is 7.98. The average molecular weight is 1630 g/mol. The summed E-state index contributed by atoms with van der Waals surface area (Å²) in [7, 11) is 0. The molecule has 20 N–H and O–H groups in total. The predicted octanol–water partition coefficient (Wildman–Crippen LogP) is 0.835. The van der Waals surface area contributed by atoms with E-state index >= 15 is 19.2 Å². The molecule has 12 amide bonds. The fourth-order valence-corrected chi connectivity index (χ4v) is 16.6. The van der Waals surface area contributed by atoms with Gasteiger partial charge >= 0.3 is 5.97 Å². The number of aliphatic hydroxyl groups excluding tert-OH is 4. The van der Waals surface area contributed by atoms with E-state index < -0.39 is 192 Å². The lowest BCUT2D eigenvalue weighted by Crippen LogP contribution is -2.63. The van der Waals surface area contributed by atoms with Crippen molar-refractivity contribution in [2.75, 3.05) is 24.7 Å². The Kier molecular flexibility index (Phi) is 37.1. The molecule has 4 aliphatic rings. The smallest absolute Gasteiger partial charge is 0.303 e. The van der Waals surface area contributed by atoms with Gasteiger partial charge in [0.1, 0.15) is 66.5 Å². The van der Waals surface area contributed by atoms with E-state index in [9.17, 15) is 68.7 Å². The van der Waals surface area contributed by atoms with Crippen LogP contribution in [-0.4, -0.2) is 224 Å². The number of fused-ring (bicyclic) bond motifs is 3. The molecule has 34 heteroatoms. The molecule has 0 radical (unpaired) electrons. The Labute approximate surface area is 674 Å². The number of carbonyl (C=O) groups excluding carboxylic acids is 12. The van der Waals surface area contributed by atoms with Crippen LogP contribution in [0.25, 0.3) is 10.8 Å². The first kappa shape index (κ1) is 92.7. The maximum absolute atomic E-state index is 15.2. The number of benzene rings is 3. The van der Waals surface area contributed by atoms with Crippen molar-refractivity contribution in [2.45, 2.75) is 279 Å². The highest BCUT2D eigenvalue weighted by Gasteiger charge is 2.42. The van der Waals surface area contributed by atoms with Gasteiger partial charge in [-0.05, 0) is 148 Å². The van der Waals surface area contributed by atoms with Gasteiger partial charge in [0.25, 0.3) is 0 Å². The van der Waals surface area contributed by atoms with Gasteiger partial charge in [0, 0.05) is 61.5 Å². The fraction of sp³-hybridized carbons (Fsp3) is 0.637. The number of nitrogens with one attached hydrogen (secondary N) is 13. The molecule has 2 heterocycles. The van der Waals surface area contributed by atoms with E-state index in [4.69, 9.17) is 5.73 Å². The Morgan fingerprint density at radius 2 is 0.965 bits per heavy atom. The summed E-state index contributed by atoms with van der Waals surface area (Å²) in [6, 6.07) is 3.26. The molecule has 7 rings (SSSR count). The minimum Gasteiger partial charge on any atom is -0.481 e. The Hall–Kier alpha value is -8.51. The van der Waals surface area contributed by atoms with Crippen molar-refractivity contribution >= 4 is 111 Å². The number of aliphatic hydroxyl groups is 4. The van der Waals surface area contributed by atoms with E-state index in [2.05, 4.69) is 69.1 Å². The number of amides is 12. The Morgan fingerprint density at radius 1 is 0.518 bits per heavy atom. The van der Waals surface area contributed by atoms with Crippen molar-refractivity contribution < 1.29 is 87.9 Å². The fourth-order valence-electron chi connectivity index (χ4n) is 14.7. The Balaban J connectivity index is 1.24. The molecule has 0 aromatic heterocycles. The molecular weight excluding hydrogens is 1510 g/mol. The third-order valence-corrected chi connectivity index (χ3v) is 23.4. The summed E-state index contributed by atoms with van der Waals surface area (Å²) < 4.78 is 0. The largest absolute Gasteiger partial charge is 0.481 e. The zero-order valence-corrected chi connectivity index (χ0v) is 68.0. The molecule has 3 fully saturated rings. The first-order valence-corrected chi connectivity index (χ1v) is 42.2. The van der Waals surface area contributed by atoms with Crippen molar-refractivity contribution in [2.24, 2.45) is 23.0 Å². The molecule has 2 bridgehead atoms. The average Bonchev–Trinajstić information content (AvgIpc) is 0.831. The van der Waals surface area contributed by atoms with Gasteiger partial charge in [-0.2, -0.15) is 23.5 Å². The number of carboxylic acids is 1. The molecule has 3 aromatic rings. The number of hydrogen-bond acceptors (Lipinski definition) is 21. The van der Waals surface area contributed by atoms with Crippen molar-refractivity contribution in [1.29, 1.82) is 0 Å². The summed E-state index contributed by atoms with van der Waals surface area (Å²) in [6.07, 6.45) is -2.05. The molecule has 2 saturated carbocycles. The van der Waals surface area contributed by atoms with Gasteiger partial charge in [0.2, 0.25) is 70.9 Å². The number of carbonyl (C=O) groups is 13. The third kappa shape index (κ3) is 29.6. The normalized spacial score (nSPS) is 29.0. The van der Waals surface area contributed by atoms with E-state index in [0.29, 0.717) is 92.8 Å². The lowest BCUT2D eigenvalue weighted by atomic mass is 9.82. The molecule has 14 atom stereocenters. The van der Waals surface area contributed by atoms with Crippen molar-refractivity contribution in [3.8, 4) is 0 Å². The zero-order chi connectivity index (χ0) is 83.3. The molecule has 2 aliphatic carbocycles. The standard InChI is InChI=1S/C80H120N14O18S2/c1-8-14-56-70(103)86-58(30-31-65(100)101)71(104)87-59(35-46-22-26-53(97)27-23-46)73(106)85-57(15-9-2)72(105)93-67(45(4)96)78(111)91-63(69(81)102)42-114-41-49-17-12-16-48(34-49)40-113-33-32-64(99)92-68(80(5,6)7)79(112)90-60(36-47-24-28-54(98)29-25-47)74(107)88-62(38-52-39-82-43-83-52)76(109)94-66(44(3)95)77(110)89-61(75(108)84-56)37-51-20-13-19-50-18-10-11-21-55(50)51/h10-13,16-21,34,44-47,52-54,56-63,66-68,82-83,95-98H,8-9,14-15,22-33,35-43H2,1-7H3,(H2,81,102)(H,84,108)(H,85,106)(H,86,103)(H,87,104)(H,88,107)(H,89,110)(H,90,112)(H,91,111)(H,92,99)(H,93,105)(H,94,109)(H,100,101)/t44-,45-,46?,47?,52?,53?,54?,56+,57+,58+,59+,60+,61+,62+,63+,66+,67+,68-/m1/s1. The summed E-state index contributed by atoms with van der Waals surface area (Å²) in [5, 5.41) is 91.1. The second-order valence-electron chi connectivity index (χ2n) is 31.8. The van der Waals surface area contributed by atoms with Crippen molar-refractivity contribution in [1.82, 2.24) is 69.1 Å². The van der Waals surface area contributed by atoms with Crippen LogP contribution in [0, 0.1) is 17.3 Å². The van der Waals surface area contributed by atoms with Crippen LogP contribution in [0.15, 0.2) is 66.7 Å². The van der Waals surface area contributed by atoms with Crippen LogP contribution in [0.2, 0.25) is 0 Å². The minimum atomic E-state index is -1.82. The maximum atomic E-state index is 15.2. The number of carboxylic acid groups (broad SMARTS) is 1. The Morgan fingerprint density at radius 3 is 1.47 bits per heavy atom. The van der Waals surface area contributed by atoms with E-state index in [1.807, 2.05) is 42.5 Å². The number of rotatable bonds is 18. The molecule has 114 heavy (non-hydrogen) atoms. The van der Waals surface area contributed by atoms with Gasteiger partial charge in [0.15, 0.2) is 0 Å². The topological polar surface area (TPSA) is 505 Å². The summed E-state index contributed by atoms with van der Waals surface area (Å²) in [5.74, 6) is -11.2. The minimum absolute atomic E-state index is 0.000999. The molecule has 1 saturated heterocycles. The molecule has 630 valence electrons. The lowest BCUT2D eigenvalue weighted by molar-refractivity contribution is -0.139. The van der Waals surface area contributed by atoms with Gasteiger partial charge in [-0.15, -0.1) is 0 Å². The Bertz CT molecular complexity index is 3770. The molecule has 1 unspecified atom stereocenters.